The van der Waals surface area contributed by atoms with Gasteiger partial charge in [-0.3, -0.25) is 4.79 Å². The van der Waals surface area contributed by atoms with Crippen LogP contribution in [0.1, 0.15) is 25.7 Å². The van der Waals surface area contributed by atoms with E-state index < -0.39 is 0 Å². The van der Waals surface area contributed by atoms with E-state index in [1.807, 2.05) is 6.08 Å². The third-order valence-electron chi connectivity index (χ3n) is 2.19. The number of hydrogen-bond donors (Lipinski definition) is 1. The first kappa shape index (κ1) is 10.3. The molecule has 0 bridgehead atoms. The minimum Gasteiger partial charge on any atom is -0.371 e. The Morgan fingerprint density at radius 2 is 2.31 bits per heavy atom. The molecule has 0 spiro atoms. The van der Waals surface area contributed by atoms with Crippen LogP contribution < -0.4 is 5.32 Å². The van der Waals surface area contributed by atoms with Crippen LogP contribution in [0.25, 0.3) is 0 Å². The first-order chi connectivity index (χ1) is 6.34. The lowest BCUT2D eigenvalue weighted by molar-refractivity contribution is -0.130. The summed E-state index contributed by atoms with van der Waals surface area (Å²) in [6, 6.07) is 0. The average Bonchev–Trinajstić information content (AvgIpc) is 2.16. The maximum Gasteiger partial charge on any atom is 0.249 e. The van der Waals surface area contributed by atoms with Gasteiger partial charge >= 0.3 is 0 Å². The molecule has 0 fully saturated rings. The molecule has 0 aromatic rings. The molecule has 1 amide bonds. The van der Waals surface area contributed by atoms with Crippen LogP contribution in [-0.4, -0.2) is 25.7 Å². The third-order valence-corrected chi connectivity index (χ3v) is 2.19. The fraction of sp³-hybridized carbons (Fsp3) is 0.700. The summed E-state index contributed by atoms with van der Waals surface area (Å²) in [5.74, 6) is 0.00838. The van der Waals surface area contributed by atoms with Crippen LogP contribution >= 0.6 is 0 Å². The second-order valence-electron chi connectivity index (χ2n) is 3.22. The van der Waals surface area contributed by atoms with Crippen LogP contribution in [0.3, 0.4) is 0 Å². The van der Waals surface area contributed by atoms with Crippen LogP contribution in [-0.2, 0) is 9.53 Å². The first-order valence-corrected chi connectivity index (χ1v) is 4.80. The Morgan fingerprint density at radius 1 is 1.46 bits per heavy atom. The highest BCUT2D eigenvalue weighted by atomic mass is 16.5. The molecule has 0 saturated carbocycles. The number of hydrogen-bond acceptors (Lipinski definition) is 2. The maximum absolute atomic E-state index is 11.4. The van der Waals surface area contributed by atoms with Crippen LogP contribution in [0.2, 0.25) is 0 Å². The molecule has 0 aliphatic carbocycles. The molecule has 0 saturated heterocycles. The summed E-state index contributed by atoms with van der Waals surface area (Å²) in [5, 5.41) is 2.86. The lowest BCUT2D eigenvalue weighted by atomic mass is 10.1. The molecule has 13 heavy (non-hydrogen) atoms. The van der Waals surface area contributed by atoms with Crippen molar-refractivity contribution in [1.82, 2.24) is 5.32 Å². The first-order valence-electron chi connectivity index (χ1n) is 4.80. The second kappa shape index (κ2) is 5.75. The number of methoxy groups -OCH3 is 1. The minimum absolute atomic E-state index is 0.00838. The summed E-state index contributed by atoms with van der Waals surface area (Å²) in [5.41, 5.74) is 0. The van der Waals surface area contributed by atoms with Crippen molar-refractivity contribution in [3.8, 4) is 0 Å². The Balaban J connectivity index is 2.49. The van der Waals surface area contributed by atoms with E-state index in [1.54, 1.807) is 7.11 Å². The lowest BCUT2D eigenvalue weighted by Crippen LogP contribution is -2.36. The van der Waals surface area contributed by atoms with E-state index in [2.05, 4.69) is 11.4 Å². The van der Waals surface area contributed by atoms with Crippen LogP contribution in [0.5, 0.6) is 0 Å². The van der Waals surface area contributed by atoms with E-state index in [9.17, 15) is 4.79 Å². The van der Waals surface area contributed by atoms with Gasteiger partial charge in [-0.1, -0.05) is 12.2 Å². The van der Waals surface area contributed by atoms with E-state index in [0.717, 1.165) is 25.8 Å². The molecular weight excluding hydrogens is 166 g/mol. The number of allylic oxidation sites excluding steroid dienone is 1. The van der Waals surface area contributed by atoms with Gasteiger partial charge in [0, 0.05) is 20.1 Å². The zero-order chi connectivity index (χ0) is 9.52. The van der Waals surface area contributed by atoms with Gasteiger partial charge < -0.3 is 10.1 Å². The van der Waals surface area contributed by atoms with E-state index in [-0.39, 0.29) is 12.0 Å². The van der Waals surface area contributed by atoms with Gasteiger partial charge in [0.15, 0.2) is 0 Å². The highest BCUT2D eigenvalue weighted by Crippen LogP contribution is 2.04. The van der Waals surface area contributed by atoms with E-state index in [0.29, 0.717) is 6.42 Å². The van der Waals surface area contributed by atoms with Crippen molar-refractivity contribution in [3.05, 3.63) is 12.2 Å². The van der Waals surface area contributed by atoms with Crippen LogP contribution in [0, 0.1) is 0 Å². The quantitative estimate of drug-likeness (QED) is 0.621. The fourth-order valence-electron chi connectivity index (χ4n) is 1.36. The Kier molecular flexibility index (Phi) is 4.54. The van der Waals surface area contributed by atoms with Crippen molar-refractivity contribution in [2.24, 2.45) is 0 Å². The van der Waals surface area contributed by atoms with Crippen molar-refractivity contribution in [2.45, 2.75) is 31.8 Å². The highest BCUT2D eigenvalue weighted by molar-refractivity contribution is 5.80. The topological polar surface area (TPSA) is 38.3 Å². The Hall–Kier alpha value is -0.830. The van der Waals surface area contributed by atoms with Gasteiger partial charge in [-0.05, 0) is 19.3 Å². The summed E-state index contributed by atoms with van der Waals surface area (Å²) < 4.78 is 5.07. The minimum atomic E-state index is -0.311. The molecule has 3 heteroatoms. The predicted octanol–water partition coefficient (Wildman–Crippen LogP) is 1.25. The van der Waals surface area contributed by atoms with Gasteiger partial charge in [-0.2, -0.15) is 0 Å². The van der Waals surface area contributed by atoms with Gasteiger partial charge in [0.2, 0.25) is 5.91 Å². The predicted molar refractivity (Wildman–Crippen MR) is 51.4 cm³/mol. The number of carbonyl (C=O) groups excluding carboxylic acids is 1. The summed E-state index contributed by atoms with van der Waals surface area (Å²) in [6.07, 6.45) is 7.83. The maximum atomic E-state index is 11.4. The van der Waals surface area contributed by atoms with Crippen molar-refractivity contribution < 1.29 is 9.53 Å². The molecule has 0 aromatic heterocycles. The molecule has 1 heterocycles. The summed E-state index contributed by atoms with van der Waals surface area (Å²) >= 11 is 0. The molecule has 0 aromatic carbocycles. The third kappa shape index (κ3) is 3.59. The zero-order valence-electron chi connectivity index (χ0n) is 8.08. The van der Waals surface area contributed by atoms with E-state index in [4.69, 9.17) is 4.74 Å². The molecule has 1 aliphatic rings. The van der Waals surface area contributed by atoms with Crippen molar-refractivity contribution in [3.63, 3.8) is 0 Å². The number of carbonyl (C=O) groups is 1. The number of ether oxygens (including phenoxy) is 1. The smallest absolute Gasteiger partial charge is 0.249 e. The monoisotopic (exact) mass is 183 g/mol. The van der Waals surface area contributed by atoms with Gasteiger partial charge in [0.05, 0.1) is 0 Å². The highest BCUT2D eigenvalue weighted by Gasteiger charge is 2.15. The van der Waals surface area contributed by atoms with Crippen molar-refractivity contribution >= 4 is 5.91 Å². The molecule has 1 N–H and O–H groups in total. The summed E-state index contributed by atoms with van der Waals surface area (Å²) in [4.78, 5) is 11.4. The van der Waals surface area contributed by atoms with E-state index >= 15 is 0 Å². The Morgan fingerprint density at radius 3 is 3.08 bits per heavy atom. The number of nitrogens with one attached hydrogen (secondary N) is 1. The molecule has 0 radical (unpaired) electrons. The molecular formula is C10H17NO2. The van der Waals surface area contributed by atoms with Crippen molar-refractivity contribution in [2.75, 3.05) is 13.7 Å². The Labute approximate surface area is 79.2 Å². The van der Waals surface area contributed by atoms with Gasteiger partial charge in [0.1, 0.15) is 6.10 Å². The van der Waals surface area contributed by atoms with Crippen LogP contribution in [0.15, 0.2) is 12.2 Å². The second-order valence-corrected chi connectivity index (χ2v) is 3.22. The molecule has 3 nitrogen and oxygen atoms in total. The fourth-order valence-corrected chi connectivity index (χ4v) is 1.36. The standard InChI is InChI=1S/C10H17NO2/c1-13-9-7-5-3-2-4-6-8-11-10(9)12/h3,5,9H,2,4,6-8H2,1H3,(H,11,12)/b5-3-. The summed E-state index contributed by atoms with van der Waals surface area (Å²) in [7, 11) is 1.57. The van der Waals surface area contributed by atoms with Gasteiger partial charge in [-0.25, -0.2) is 0 Å². The SMILES string of the molecule is COC1C/C=C\CCCCNC1=O. The summed E-state index contributed by atoms with van der Waals surface area (Å²) in [6.45, 7) is 0.770. The molecule has 74 valence electrons. The van der Waals surface area contributed by atoms with Gasteiger partial charge in [0.25, 0.3) is 0 Å². The largest absolute Gasteiger partial charge is 0.371 e. The van der Waals surface area contributed by atoms with Crippen LogP contribution in [0.4, 0.5) is 0 Å². The Bertz CT molecular complexity index is 189. The number of amides is 1. The normalized spacial score (nSPS) is 27.8. The molecule has 1 rings (SSSR count). The lowest BCUT2D eigenvalue weighted by Gasteiger charge is -2.14. The zero-order valence-corrected chi connectivity index (χ0v) is 8.08. The molecule has 1 atom stereocenters. The molecule has 1 unspecified atom stereocenters. The van der Waals surface area contributed by atoms with Gasteiger partial charge in [-0.15, -0.1) is 0 Å². The molecule has 1 aliphatic heterocycles. The van der Waals surface area contributed by atoms with E-state index in [1.165, 1.54) is 0 Å². The van der Waals surface area contributed by atoms with Crippen molar-refractivity contribution in [1.29, 1.82) is 0 Å². The number of rotatable bonds is 1. The average molecular weight is 183 g/mol.